The number of benzene rings is 2. The highest BCUT2D eigenvalue weighted by molar-refractivity contribution is 5.79. The molecule has 6 nitrogen and oxygen atoms in total. The molecular formula is C27H25FN2O4. The van der Waals surface area contributed by atoms with Gasteiger partial charge in [-0.2, -0.15) is 4.39 Å². The first kappa shape index (κ1) is 21.3. The van der Waals surface area contributed by atoms with Gasteiger partial charge in [0.15, 0.2) is 0 Å². The normalized spacial score (nSPS) is 25.5. The molecule has 1 N–H and O–H groups in total. The molecule has 2 saturated heterocycles. The number of halogens is 1. The lowest BCUT2D eigenvalue weighted by Gasteiger charge is -2.50. The van der Waals surface area contributed by atoms with Crippen LogP contribution in [0.2, 0.25) is 0 Å². The average Bonchev–Trinajstić information content (AvgIpc) is 3.16. The summed E-state index contributed by atoms with van der Waals surface area (Å²) >= 11 is 0. The molecule has 3 aliphatic rings. The number of hydrogen-bond acceptors (Lipinski definition) is 5. The van der Waals surface area contributed by atoms with Gasteiger partial charge in [0.05, 0.1) is 30.9 Å². The third-order valence-corrected chi connectivity index (χ3v) is 7.36. The number of carbonyl (C=O) groups excluding carboxylic acids is 1. The van der Waals surface area contributed by atoms with Crippen LogP contribution in [0, 0.1) is 5.95 Å². The first-order chi connectivity index (χ1) is 16.5. The summed E-state index contributed by atoms with van der Waals surface area (Å²) < 4.78 is 25.9. The number of morpholine rings is 1. The van der Waals surface area contributed by atoms with Gasteiger partial charge in [0.2, 0.25) is 5.95 Å². The second kappa shape index (κ2) is 8.18. The summed E-state index contributed by atoms with van der Waals surface area (Å²) in [6.45, 7) is 0.765. The van der Waals surface area contributed by atoms with Crippen molar-refractivity contribution >= 4 is 6.09 Å². The number of hydrogen-bond donors (Lipinski definition) is 1. The Hall–Kier alpha value is -3.29. The first-order valence-electron chi connectivity index (χ1n) is 11.6. The number of fused-ring (bicyclic) bond motifs is 5. The zero-order chi connectivity index (χ0) is 23.3. The standard InChI is InChI=1S/C27H25FN2O4/c28-25-24(10-5-11-29-25)27(32)12-17-14-33-15-18(13-27)30(17)26(31)34-16-23-21-8-3-1-6-19(21)20-7-2-4-9-22(20)23/h1-11,17-18,23,32H,12-16H2. The molecular weight excluding hydrogens is 435 g/mol. The van der Waals surface area contributed by atoms with E-state index in [1.54, 1.807) is 17.0 Å². The van der Waals surface area contributed by atoms with Gasteiger partial charge >= 0.3 is 6.09 Å². The van der Waals surface area contributed by atoms with Crippen LogP contribution in [-0.4, -0.2) is 53.0 Å². The van der Waals surface area contributed by atoms with Gasteiger partial charge in [-0.1, -0.05) is 54.6 Å². The molecule has 1 aromatic heterocycles. The second-order valence-corrected chi connectivity index (χ2v) is 9.34. The third kappa shape index (κ3) is 3.38. The van der Waals surface area contributed by atoms with Gasteiger partial charge in [-0.15, -0.1) is 0 Å². The minimum absolute atomic E-state index is 0.0290. The fourth-order valence-electron chi connectivity index (χ4n) is 5.90. The second-order valence-electron chi connectivity index (χ2n) is 9.34. The summed E-state index contributed by atoms with van der Waals surface area (Å²) in [4.78, 5) is 18.7. The van der Waals surface area contributed by atoms with E-state index in [0.717, 1.165) is 11.1 Å². The van der Waals surface area contributed by atoms with Gasteiger partial charge in [0, 0.05) is 30.5 Å². The fourth-order valence-corrected chi connectivity index (χ4v) is 5.90. The number of aliphatic hydroxyl groups is 1. The van der Waals surface area contributed by atoms with Crippen LogP contribution in [0.5, 0.6) is 0 Å². The average molecular weight is 461 g/mol. The number of pyridine rings is 1. The molecule has 3 heterocycles. The molecule has 1 aliphatic carbocycles. The lowest BCUT2D eigenvalue weighted by atomic mass is 9.77. The predicted octanol–water partition coefficient (Wildman–Crippen LogP) is 4.22. The van der Waals surface area contributed by atoms with E-state index in [2.05, 4.69) is 29.2 Å². The predicted molar refractivity (Wildman–Crippen MR) is 123 cm³/mol. The Balaban J connectivity index is 1.21. The Bertz CT molecular complexity index is 1190. The van der Waals surface area contributed by atoms with Crippen molar-refractivity contribution in [2.75, 3.05) is 19.8 Å². The van der Waals surface area contributed by atoms with Crippen molar-refractivity contribution in [3.05, 3.63) is 89.5 Å². The summed E-state index contributed by atoms with van der Waals surface area (Å²) in [5.74, 6) is -0.711. The Labute approximate surface area is 197 Å². The third-order valence-electron chi connectivity index (χ3n) is 7.36. The number of piperidine rings is 1. The van der Waals surface area contributed by atoms with E-state index >= 15 is 0 Å². The maximum atomic E-state index is 14.4. The van der Waals surface area contributed by atoms with Crippen LogP contribution in [-0.2, 0) is 15.1 Å². The lowest BCUT2D eigenvalue weighted by Crippen LogP contribution is -2.62. The van der Waals surface area contributed by atoms with Crippen molar-refractivity contribution in [1.29, 1.82) is 0 Å². The fraction of sp³-hybridized carbons (Fsp3) is 0.333. The molecule has 0 radical (unpaired) electrons. The molecule has 2 unspecified atom stereocenters. The van der Waals surface area contributed by atoms with Crippen LogP contribution in [0.1, 0.15) is 35.4 Å². The number of carbonyl (C=O) groups is 1. The van der Waals surface area contributed by atoms with Gasteiger partial charge in [-0.25, -0.2) is 9.78 Å². The maximum absolute atomic E-state index is 14.4. The van der Waals surface area contributed by atoms with E-state index in [0.29, 0.717) is 0 Å². The largest absolute Gasteiger partial charge is 0.448 e. The minimum atomic E-state index is -1.41. The minimum Gasteiger partial charge on any atom is -0.448 e. The molecule has 2 aromatic carbocycles. The molecule has 7 heteroatoms. The molecule has 1 amide bonds. The molecule has 2 fully saturated rings. The van der Waals surface area contributed by atoms with E-state index in [9.17, 15) is 14.3 Å². The summed E-state index contributed by atoms with van der Waals surface area (Å²) in [5, 5.41) is 11.3. The lowest BCUT2D eigenvalue weighted by molar-refractivity contribution is -0.137. The number of nitrogens with zero attached hydrogens (tertiary/aromatic N) is 2. The van der Waals surface area contributed by atoms with Crippen LogP contribution in [0.25, 0.3) is 11.1 Å². The van der Waals surface area contributed by atoms with Crippen LogP contribution < -0.4 is 0 Å². The van der Waals surface area contributed by atoms with Crippen molar-refractivity contribution in [3.63, 3.8) is 0 Å². The van der Waals surface area contributed by atoms with E-state index in [-0.39, 0.29) is 44.1 Å². The zero-order valence-electron chi connectivity index (χ0n) is 18.6. The topological polar surface area (TPSA) is 71.9 Å². The molecule has 174 valence electrons. The number of rotatable bonds is 3. The number of aromatic nitrogens is 1. The molecule has 34 heavy (non-hydrogen) atoms. The summed E-state index contributed by atoms with van der Waals surface area (Å²) in [6, 6.07) is 18.8. The molecule has 6 rings (SSSR count). The van der Waals surface area contributed by atoms with Gasteiger partial charge in [-0.05, 0) is 28.3 Å². The highest BCUT2D eigenvalue weighted by Crippen LogP contribution is 2.45. The zero-order valence-corrected chi connectivity index (χ0v) is 18.6. The van der Waals surface area contributed by atoms with Crippen LogP contribution >= 0.6 is 0 Å². The number of amides is 1. The number of ether oxygens (including phenoxy) is 2. The van der Waals surface area contributed by atoms with Crippen molar-refractivity contribution in [2.45, 2.75) is 36.4 Å². The van der Waals surface area contributed by atoms with Crippen LogP contribution in [0.15, 0.2) is 66.9 Å². The monoisotopic (exact) mass is 460 g/mol. The van der Waals surface area contributed by atoms with Gasteiger partial charge in [0.25, 0.3) is 0 Å². The van der Waals surface area contributed by atoms with Crippen molar-refractivity contribution in [3.8, 4) is 11.1 Å². The SMILES string of the molecule is O=C(OCC1c2ccccc2-c2ccccc21)N1C2COCC1CC(O)(c1cccnc1F)C2. The molecule has 2 atom stereocenters. The molecule has 0 spiro atoms. The molecule has 3 aromatic rings. The van der Waals surface area contributed by atoms with Gasteiger partial charge in [0.1, 0.15) is 6.61 Å². The van der Waals surface area contributed by atoms with Crippen LogP contribution in [0.3, 0.4) is 0 Å². The quantitative estimate of drug-likeness (QED) is 0.593. The van der Waals surface area contributed by atoms with Crippen molar-refractivity contribution in [1.82, 2.24) is 9.88 Å². The summed E-state index contributed by atoms with van der Waals surface area (Å²) in [5.41, 5.74) is 3.41. The van der Waals surface area contributed by atoms with Gasteiger partial charge < -0.3 is 14.6 Å². The maximum Gasteiger partial charge on any atom is 0.410 e. The van der Waals surface area contributed by atoms with E-state index in [1.165, 1.54) is 17.3 Å². The van der Waals surface area contributed by atoms with E-state index in [1.807, 2.05) is 24.3 Å². The molecule has 2 aliphatic heterocycles. The Kier molecular flexibility index (Phi) is 5.12. The van der Waals surface area contributed by atoms with Crippen LogP contribution in [0.4, 0.5) is 9.18 Å². The van der Waals surface area contributed by atoms with Gasteiger partial charge in [-0.3, -0.25) is 4.90 Å². The highest BCUT2D eigenvalue weighted by atomic mass is 19.1. The van der Waals surface area contributed by atoms with E-state index < -0.39 is 29.7 Å². The van der Waals surface area contributed by atoms with Crippen molar-refractivity contribution < 1.29 is 23.8 Å². The smallest absolute Gasteiger partial charge is 0.410 e. The molecule has 0 saturated carbocycles. The van der Waals surface area contributed by atoms with E-state index in [4.69, 9.17) is 9.47 Å². The first-order valence-corrected chi connectivity index (χ1v) is 11.6. The summed E-state index contributed by atoms with van der Waals surface area (Å²) in [6.07, 6.45) is 1.26. The Morgan fingerprint density at radius 3 is 2.26 bits per heavy atom. The molecule has 2 bridgehead atoms. The van der Waals surface area contributed by atoms with Crippen molar-refractivity contribution in [2.24, 2.45) is 0 Å². The Morgan fingerprint density at radius 1 is 1.03 bits per heavy atom. The summed E-state index contributed by atoms with van der Waals surface area (Å²) in [7, 11) is 0. The Morgan fingerprint density at radius 2 is 1.65 bits per heavy atom. The highest BCUT2D eigenvalue weighted by Gasteiger charge is 2.50.